The van der Waals surface area contributed by atoms with Gasteiger partial charge in [-0.2, -0.15) is 0 Å². The average Bonchev–Trinajstić information content (AvgIpc) is 2.87. The molecular weight excluding hydrogens is 363 g/mol. The summed E-state index contributed by atoms with van der Waals surface area (Å²) < 4.78 is 6.55. The number of rotatable bonds is 2. The SMILES string of the molecule is OC(c1cc(Cl)ccc1Cl)c1cc(Br)cc2c1OCC2. The molecule has 0 saturated heterocycles. The predicted molar refractivity (Wildman–Crippen MR) is 83.9 cm³/mol. The number of aliphatic hydroxyl groups excluding tert-OH is 1. The van der Waals surface area contributed by atoms with Crippen LogP contribution in [0.5, 0.6) is 5.75 Å². The highest BCUT2D eigenvalue weighted by molar-refractivity contribution is 9.10. The maximum absolute atomic E-state index is 10.6. The minimum Gasteiger partial charge on any atom is -0.493 e. The highest BCUT2D eigenvalue weighted by Crippen LogP contribution is 2.40. The van der Waals surface area contributed by atoms with Gasteiger partial charge in [-0.05, 0) is 35.9 Å². The highest BCUT2D eigenvalue weighted by Gasteiger charge is 2.24. The van der Waals surface area contributed by atoms with Gasteiger partial charge in [-0.25, -0.2) is 0 Å². The molecule has 0 bridgehead atoms. The Morgan fingerprint density at radius 2 is 1.95 bits per heavy atom. The van der Waals surface area contributed by atoms with Crippen molar-refractivity contribution >= 4 is 39.1 Å². The Labute approximate surface area is 135 Å². The largest absolute Gasteiger partial charge is 0.493 e. The van der Waals surface area contributed by atoms with Gasteiger partial charge in [0.25, 0.3) is 0 Å². The summed E-state index contributed by atoms with van der Waals surface area (Å²) in [4.78, 5) is 0. The normalized spacial score (nSPS) is 14.8. The van der Waals surface area contributed by atoms with Crippen molar-refractivity contribution in [1.82, 2.24) is 0 Å². The van der Waals surface area contributed by atoms with Gasteiger partial charge >= 0.3 is 0 Å². The van der Waals surface area contributed by atoms with Gasteiger partial charge in [-0.15, -0.1) is 0 Å². The molecule has 0 aromatic heterocycles. The number of hydrogen-bond donors (Lipinski definition) is 1. The van der Waals surface area contributed by atoms with Crippen molar-refractivity contribution in [2.75, 3.05) is 6.61 Å². The molecule has 5 heteroatoms. The first kappa shape index (κ1) is 14.2. The summed E-state index contributed by atoms with van der Waals surface area (Å²) in [6.07, 6.45) is -0.0248. The van der Waals surface area contributed by atoms with E-state index in [2.05, 4.69) is 15.9 Å². The van der Waals surface area contributed by atoms with Crippen LogP contribution in [0, 0.1) is 0 Å². The number of halogens is 3. The zero-order valence-corrected chi connectivity index (χ0v) is 13.5. The zero-order chi connectivity index (χ0) is 14.3. The molecule has 1 atom stereocenters. The van der Waals surface area contributed by atoms with E-state index in [1.54, 1.807) is 18.2 Å². The van der Waals surface area contributed by atoms with Crippen LogP contribution in [0.1, 0.15) is 22.8 Å². The lowest BCUT2D eigenvalue weighted by Gasteiger charge is -2.17. The predicted octanol–water partition coefficient (Wildman–Crippen LogP) is 4.77. The zero-order valence-electron chi connectivity index (χ0n) is 10.4. The summed E-state index contributed by atoms with van der Waals surface area (Å²) in [6, 6.07) is 8.92. The molecule has 20 heavy (non-hydrogen) atoms. The molecule has 2 nitrogen and oxygen atoms in total. The molecule has 0 aliphatic carbocycles. The van der Waals surface area contributed by atoms with E-state index in [-0.39, 0.29) is 0 Å². The summed E-state index contributed by atoms with van der Waals surface area (Å²) in [7, 11) is 0. The van der Waals surface area contributed by atoms with E-state index in [1.807, 2.05) is 12.1 Å². The Bertz CT molecular complexity index is 673. The topological polar surface area (TPSA) is 29.5 Å². The molecule has 0 spiro atoms. The van der Waals surface area contributed by atoms with Crippen molar-refractivity contribution in [2.45, 2.75) is 12.5 Å². The Hall–Kier alpha value is -0.740. The van der Waals surface area contributed by atoms with E-state index in [0.29, 0.717) is 27.8 Å². The van der Waals surface area contributed by atoms with E-state index >= 15 is 0 Å². The van der Waals surface area contributed by atoms with Gasteiger partial charge in [0.15, 0.2) is 0 Å². The van der Waals surface area contributed by atoms with E-state index in [9.17, 15) is 5.11 Å². The van der Waals surface area contributed by atoms with Crippen LogP contribution in [0.3, 0.4) is 0 Å². The van der Waals surface area contributed by atoms with Crippen LogP contribution in [-0.2, 0) is 6.42 Å². The lowest BCUT2D eigenvalue weighted by Crippen LogP contribution is -2.03. The highest BCUT2D eigenvalue weighted by atomic mass is 79.9. The van der Waals surface area contributed by atoms with Crippen molar-refractivity contribution in [3.8, 4) is 5.75 Å². The quantitative estimate of drug-likeness (QED) is 0.821. The maximum atomic E-state index is 10.6. The first-order valence-electron chi connectivity index (χ1n) is 6.14. The van der Waals surface area contributed by atoms with Gasteiger partial charge in [0.2, 0.25) is 0 Å². The third kappa shape index (κ3) is 2.56. The average molecular weight is 374 g/mol. The number of aliphatic hydroxyl groups is 1. The van der Waals surface area contributed by atoms with Crippen LogP contribution in [0.15, 0.2) is 34.8 Å². The summed E-state index contributed by atoms with van der Waals surface area (Å²) in [6.45, 7) is 0.634. The third-order valence-electron chi connectivity index (χ3n) is 3.32. The lowest BCUT2D eigenvalue weighted by atomic mass is 9.98. The Morgan fingerprint density at radius 1 is 1.15 bits per heavy atom. The van der Waals surface area contributed by atoms with Crippen LogP contribution in [0.25, 0.3) is 0 Å². The molecule has 3 rings (SSSR count). The van der Waals surface area contributed by atoms with Crippen molar-refractivity contribution < 1.29 is 9.84 Å². The minimum absolute atomic E-state index is 0.480. The molecule has 0 radical (unpaired) electrons. The van der Waals surface area contributed by atoms with Gasteiger partial charge in [0.05, 0.1) is 6.61 Å². The Kier molecular flexibility index (Phi) is 3.95. The fraction of sp³-hybridized carbons (Fsp3) is 0.200. The fourth-order valence-electron chi connectivity index (χ4n) is 2.39. The van der Waals surface area contributed by atoms with E-state index in [1.165, 1.54) is 0 Å². The van der Waals surface area contributed by atoms with E-state index in [4.69, 9.17) is 27.9 Å². The second kappa shape index (κ2) is 5.57. The van der Waals surface area contributed by atoms with Crippen LogP contribution >= 0.6 is 39.1 Å². The van der Waals surface area contributed by atoms with Crippen molar-refractivity contribution in [2.24, 2.45) is 0 Å². The van der Waals surface area contributed by atoms with Crippen LogP contribution in [0.4, 0.5) is 0 Å². The van der Waals surface area contributed by atoms with Gasteiger partial charge in [-0.3, -0.25) is 0 Å². The molecule has 1 heterocycles. The van der Waals surface area contributed by atoms with E-state index < -0.39 is 6.10 Å². The lowest BCUT2D eigenvalue weighted by molar-refractivity contribution is 0.214. The minimum atomic E-state index is -0.870. The number of hydrogen-bond acceptors (Lipinski definition) is 2. The molecule has 1 unspecified atom stereocenters. The molecule has 1 N–H and O–H groups in total. The van der Waals surface area contributed by atoms with Crippen molar-refractivity contribution in [3.63, 3.8) is 0 Å². The van der Waals surface area contributed by atoms with Gasteiger partial charge in [0.1, 0.15) is 11.9 Å². The second-order valence-electron chi connectivity index (χ2n) is 4.65. The molecule has 0 amide bonds. The van der Waals surface area contributed by atoms with Crippen molar-refractivity contribution in [3.05, 3.63) is 61.5 Å². The Balaban J connectivity index is 2.11. The van der Waals surface area contributed by atoms with Crippen LogP contribution in [0.2, 0.25) is 10.0 Å². The summed E-state index contributed by atoms with van der Waals surface area (Å²) >= 11 is 15.6. The molecule has 2 aromatic rings. The Morgan fingerprint density at radius 3 is 2.75 bits per heavy atom. The van der Waals surface area contributed by atoms with Crippen LogP contribution in [-0.4, -0.2) is 11.7 Å². The van der Waals surface area contributed by atoms with Crippen LogP contribution < -0.4 is 4.74 Å². The third-order valence-corrected chi connectivity index (χ3v) is 4.36. The maximum Gasteiger partial charge on any atom is 0.128 e. The van der Waals surface area contributed by atoms with Gasteiger partial charge in [0, 0.05) is 32.1 Å². The molecule has 0 saturated carbocycles. The fourth-order valence-corrected chi connectivity index (χ4v) is 3.32. The monoisotopic (exact) mass is 372 g/mol. The first-order valence-corrected chi connectivity index (χ1v) is 7.69. The number of benzene rings is 2. The summed E-state index contributed by atoms with van der Waals surface area (Å²) in [5.41, 5.74) is 2.37. The number of ether oxygens (including phenoxy) is 1. The summed E-state index contributed by atoms with van der Waals surface area (Å²) in [5.74, 6) is 0.747. The van der Waals surface area contributed by atoms with Crippen molar-refractivity contribution in [1.29, 1.82) is 0 Å². The van der Waals surface area contributed by atoms with Gasteiger partial charge < -0.3 is 9.84 Å². The molecule has 2 aromatic carbocycles. The molecule has 1 aliphatic heterocycles. The molecule has 1 aliphatic rings. The number of fused-ring (bicyclic) bond motifs is 1. The standard InChI is InChI=1S/C15H11BrCl2O2/c16-9-5-8-3-4-20-15(8)12(6-9)14(19)11-7-10(17)1-2-13(11)18/h1-2,5-7,14,19H,3-4H2. The molecule has 0 fully saturated rings. The second-order valence-corrected chi connectivity index (χ2v) is 6.41. The smallest absolute Gasteiger partial charge is 0.128 e. The summed E-state index contributed by atoms with van der Waals surface area (Å²) in [5, 5.41) is 11.7. The molecule has 104 valence electrons. The van der Waals surface area contributed by atoms with Gasteiger partial charge in [-0.1, -0.05) is 39.1 Å². The first-order chi connectivity index (χ1) is 9.56. The molecular formula is C15H11BrCl2O2. The van der Waals surface area contributed by atoms with E-state index in [0.717, 1.165) is 22.2 Å².